The van der Waals surface area contributed by atoms with Gasteiger partial charge < -0.3 is 10.0 Å². The third-order valence-electron chi connectivity index (χ3n) is 2.82. The maximum Gasteiger partial charge on any atom is 0.299 e. The lowest BCUT2D eigenvalue weighted by molar-refractivity contribution is -0.114. The van der Waals surface area contributed by atoms with Crippen LogP contribution in [0.25, 0.3) is 0 Å². The molecule has 1 atom stereocenters. The van der Waals surface area contributed by atoms with Crippen LogP contribution in [0.5, 0.6) is 0 Å². The van der Waals surface area contributed by atoms with E-state index in [9.17, 15) is 18.4 Å². The number of anilines is 1. The summed E-state index contributed by atoms with van der Waals surface area (Å²) in [5, 5.41) is 8.94. The summed E-state index contributed by atoms with van der Waals surface area (Å²) in [6.45, 7) is 1.59. The van der Waals surface area contributed by atoms with Crippen molar-refractivity contribution in [3.05, 3.63) is 29.3 Å². The van der Waals surface area contributed by atoms with Crippen LogP contribution in [0.3, 0.4) is 0 Å². The van der Waals surface area contributed by atoms with Crippen molar-refractivity contribution in [1.29, 1.82) is 0 Å². The van der Waals surface area contributed by atoms with Gasteiger partial charge in [0.15, 0.2) is 11.6 Å². The molecular weight excluding hydrogens is 244 g/mol. The molecular formula is C12H11F2NO3. The van der Waals surface area contributed by atoms with Crippen LogP contribution >= 0.6 is 0 Å². The van der Waals surface area contributed by atoms with Crippen molar-refractivity contribution in [3.63, 3.8) is 0 Å². The van der Waals surface area contributed by atoms with E-state index in [1.165, 1.54) is 0 Å². The Morgan fingerprint density at radius 3 is 2.50 bits per heavy atom. The van der Waals surface area contributed by atoms with Crippen LogP contribution in [-0.4, -0.2) is 29.9 Å². The summed E-state index contributed by atoms with van der Waals surface area (Å²) in [5.41, 5.74) is -0.0757. The summed E-state index contributed by atoms with van der Waals surface area (Å²) >= 11 is 0. The Balaban J connectivity index is 2.45. The van der Waals surface area contributed by atoms with Gasteiger partial charge in [-0.1, -0.05) is 6.92 Å². The fourth-order valence-electron chi connectivity index (χ4n) is 1.84. The van der Waals surface area contributed by atoms with Gasteiger partial charge in [0.25, 0.3) is 11.7 Å². The van der Waals surface area contributed by atoms with Gasteiger partial charge in [-0.3, -0.25) is 9.59 Å². The number of Topliss-reactive ketones (excluding diaryl/α,β-unsaturated/α-hetero) is 1. The molecule has 2 rings (SSSR count). The summed E-state index contributed by atoms with van der Waals surface area (Å²) in [5.74, 6) is -4.21. The third-order valence-corrected chi connectivity index (χ3v) is 2.82. The minimum atomic E-state index is -1.16. The number of halogens is 2. The molecule has 1 unspecified atom stereocenters. The van der Waals surface area contributed by atoms with E-state index < -0.39 is 23.3 Å². The van der Waals surface area contributed by atoms with Gasteiger partial charge >= 0.3 is 0 Å². The van der Waals surface area contributed by atoms with Gasteiger partial charge in [-0.25, -0.2) is 8.78 Å². The van der Waals surface area contributed by atoms with Crippen molar-refractivity contribution in [1.82, 2.24) is 0 Å². The molecule has 0 bridgehead atoms. The molecule has 0 aromatic heterocycles. The molecule has 0 fully saturated rings. The molecule has 1 N–H and O–H groups in total. The van der Waals surface area contributed by atoms with Crippen molar-refractivity contribution in [2.24, 2.45) is 5.92 Å². The highest BCUT2D eigenvalue weighted by Crippen LogP contribution is 2.31. The van der Waals surface area contributed by atoms with E-state index >= 15 is 0 Å². The van der Waals surface area contributed by atoms with E-state index in [2.05, 4.69) is 0 Å². The summed E-state index contributed by atoms with van der Waals surface area (Å²) in [6.07, 6.45) is 0. The quantitative estimate of drug-likeness (QED) is 0.823. The molecule has 1 heterocycles. The van der Waals surface area contributed by atoms with Crippen molar-refractivity contribution in [3.8, 4) is 0 Å². The maximum absolute atomic E-state index is 13.1. The number of fused-ring (bicyclic) bond motifs is 1. The summed E-state index contributed by atoms with van der Waals surface area (Å²) < 4.78 is 26.2. The second-order valence-corrected chi connectivity index (χ2v) is 4.32. The molecule has 1 amide bonds. The first-order chi connectivity index (χ1) is 8.45. The van der Waals surface area contributed by atoms with Crippen LogP contribution in [0, 0.1) is 17.6 Å². The molecule has 0 radical (unpaired) electrons. The number of hydrogen-bond acceptors (Lipinski definition) is 3. The Morgan fingerprint density at radius 2 is 1.89 bits per heavy atom. The average molecular weight is 255 g/mol. The summed E-state index contributed by atoms with van der Waals surface area (Å²) in [7, 11) is 0. The van der Waals surface area contributed by atoms with E-state index in [4.69, 9.17) is 5.11 Å². The van der Waals surface area contributed by atoms with Crippen LogP contribution < -0.4 is 4.90 Å². The predicted molar refractivity (Wildman–Crippen MR) is 59.3 cm³/mol. The number of aliphatic hydroxyl groups is 1. The number of carbonyl (C=O) groups excluding carboxylic acids is 2. The molecule has 0 spiro atoms. The molecule has 1 aromatic carbocycles. The van der Waals surface area contributed by atoms with Crippen molar-refractivity contribution < 1.29 is 23.5 Å². The zero-order valence-electron chi connectivity index (χ0n) is 9.61. The van der Waals surface area contributed by atoms with Gasteiger partial charge in [0.1, 0.15) is 0 Å². The number of hydrogen-bond donors (Lipinski definition) is 1. The summed E-state index contributed by atoms with van der Waals surface area (Å²) in [4.78, 5) is 24.4. The molecule has 96 valence electrons. The largest absolute Gasteiger partial charge is 0.396 e. The number of aliphatic hydroxyl groups excluding tert-OH is 1. The van der Waals surface area contributed by atoms with Crippen LogP contribution in [0.15, 0.2) is 12.1 Å². The molecule has 1 aliphatic rings. The Morgan fingerprint density at radius 1 is 1.28 bits per heavy atom. The Hall–Kier alpha value is -1.82. The number of nitrogens with zero attached hydrogens (tertiary/aromatic N) is 1. The Kier molecular flexibility index (Phi) is 3.13. The van der Waals surface area contributed by atoms with Crippen LogP contribution in [0.4, 0.5) is 14.5 Å². The highest BCUT2D eigenvalue weighted by molar-refractivity contribution is 6.52. The first-order valence-electron chi connectivity index (χ1n) is 5.41. The normalized spacial score (nSPS) is 16.1. The SMILES string of the molecule is CC(CO)CN1C(=O)C(=O)c2cc(F)c(F)cc21. The molecule has 1 aromatic rings. The van der Waals surface area contributed by atoms with Gasteiger partial charge in [0.2, 0.25) is 0 Å². The monoisotopic (exact) mass is 255 g/mol. The van der Waals surface area contributed by atoms with Crippen LogP contribution in [0.1, 0.15) is 17.3 Å². The number of benzene rings is 1. The first-order valence-corrected chi connectivity index (χ1v) is 5.41. The number of amides is 1. The number of rotatable bonds is 3. The van der Waals surface area contributed by atoms with Gasteiger partial charge in [-0.05, 0) is 12.0 Å². The van der Waals surface area contributed by atoms with E-state index in [1.807, 2.05) is 0 Å². The fraction of sp³-hybridized carbons (Fsp3) is 0.333. The van der Waals surface area contributed by atoms with Gasteiger partial charge in [-0.15, -0.1) is 0 Å². The van der Waals surface area contributed by atoms with E-state index in [0.717, 1.165) is 17.0 Å². The predicted octanol–water partition coefficient (Wildman–Crippen LogP) is 1.12. The van der Waals surface area contributed by atoms with Gasteiger partial charge in [-0.2, -0.15) is 0 Å². The topological polar surface area (TPSA) is 57.6 Å². The Labute approximate surface area is 102 Å². The highest BCUT2D eigenvalue weighted by atomic mass is 19.2. The Bertz CT molecular complexity index is 530. The van der Waals surface area contributed by atoms with Gasteiger partial charge in [0, 0.05) is 19.2 Å². The van der Waals surface area contributed by atoms with E-state index in [-0.39, 0.29) is 30.3 Å². The van der Waals surface area contributed by atoms with E-state index in [0.29, 0.717) is 0 Å². The van der Waals surface area contributed by atoms with Crippen LogP contribution in [-0.2, 0) is 4.79 Å². The second kappa shape index (κ2) is 4.45. The molecule has 4 nitrogen and oxygen atoms in total. The average Bonchev–Trinajstić information content (AvgIpc) is 2.56. The zero-order chi connectivity index (χ0) is 13.4. The lowest BCUT2D eigenvalue weighted by Gasteiger charge is -2.19. The lowest BCUT2D eigenvalue weighted by atomic mass is 10.1. The highest BCUT2D eigenvalue weighted by Gasteiger charge is 2.37. The smallest absolute Gasteiger partial charge is 0.299 e. The third kappa shape index (κ3) is 1.88. The van der Waals surface area contributed by atoms with Gasteiger partial charge in [0.05, 0.1) is 11.3 Å². The van der Waals surface area contributed by atoms with Crippen molar-refractivity contribution in [2.75, 3.05) is 18.1 Å². The number of carbonyl (C=O) groups is 2. The standard InChI is InChI=1S/C12H11F2NO3/c1-6(5-16)4-15-10-3-9(14)8(13)2-7(10)11(17)12(15)18/h2-3,6,16H,4-5H2,1H3. The molecule has 0 saturated carbocycles. The molecule has 0 saturated heterocycles. The molecule has 18 heavy (non-hydrogen) atoms. The lowest BCUT2D eigenvalue weighted by Crippen LogP contribution is -2.34. The second-order valence-electron chi connectivity index (χ2n) is 4.32. The minimum Gasteiger partial charge on any atom is -0.396 e. The fourth-order valence-corrected chi connectivity index (χ4v) is 1.84. The molecule has 1 aliphatic heterocycles. The molecule has 6 heteroatoms. The van der Waals surface area contributed by atoms with Crippen molar-refractivity contribution >= 4 is 17.4 Å². The zero-order valence-corrected chi connectivity index (χ0v) is 9.61. The van der Waals surface area contributed by atoms with Crippen LogP contribution in [0.2, 0.25) is 0 Å². The first kappa shape index (κ1) is 12.6. The minimum absolute atomic E-state index is 0.0594. The number of ketones is 1. The van der Waals surface area contributed by atoms with Crippen molar-refractivity contribution in [2.45, 2.75) is 6.92 Å². The summed E-state index contributed by atoms with van der Waals surface area (Å²) in [6, 6.07) is 1.56. The van der Waals surface area contributed by atoms with E-state index in [1.54, 1.807) is 6.92 Å². The molecule has 0 aliphatic carbocycles. The maximum atomic E-state index is 13.1.